The highest BCUT2D eigenvalue weighted by atomic mass is 16.5. The Kier molecular flexibility index (Phi) is 6.36. The molecular formula is C28H29N3O5. The molecule has 0 radical (unpaired) electrons. The van der Waals surface area contributed by atoms with Gasteiger partial charge in [0.15, 0.2) is 17.2 Å². The summed E-state index contributed by atoms with van der Waals surface area (Å²) in [5, 5.41) is 13.9. The average Bonchev–Trinajstić information content (AvgIpc) is 3.20. The van der Waals surface area contributed by atoms with E-state index in [0.29, 0.717) is 42.3 Å². The van der Waals surface area contributed by atoms with E-state index in [9.17, 15) is 19.5 Å². The third-order valence-corrected chi connectivity index (χ3v) is 7.11. The minimum Gasteiger partial charge on any atom is -0.493 e. The lowest BCUT2D eigenvalue weighted by atomic mass is 9.93. The van der Waals surface area contributed by atoms with Crippen molar-refractivity contribution in [1.29, 1.82) is 0 Å². The number of Topliss-reactive ketones (excluding diaryl/α,β-unsaturated/α-hetero) is 1. The van der Waals surface area contributed by atoms with Gasteiger partial charge in [0.2, 0.25) is 0 Å². The van der Waals surface area contributed by atoms with Crippen LogP contribution in [0.15, 0.2) is 59.4 Å². The molecule has 0 spiro atoms. The number of ether oxygens (including phenoxy) is 1. The van der Waals surface area contributed by atoms with Crippen molar-refractivity contribution in [3.63, 3.8) is 0 Å². The molecule has 5 rings (SSSR count). The standard InChI is InChI=1S/C28H29N3O5/c1-30-24-20-10-6-7-11-21(20)31(16-22(33)17-8-4-3-5-9-17)28(35)23(24)26(36-2)25(30)27(34)29-18-12-14-19(32)15-13-18/h3-11,18-19,32H,12-16H2,1-2H3,(H,29,34). The fourth-order valence-electron chi connectivity index (χ4n) is 5.27. The first-order valence-electron chi connectivity index (χ1n) is 12.2. The van der Waals surface area contributed by atoms with Gasteiger partial charge in [-0.1, -0.05) is 48.5 Å². The van der Waals surface area contributed by atoms with E-state index in [1.807, 2.05) is 24.3 Å². The van der Waals surface area contributed by atoms with Crippen LogP contribution in [-0.4, -0.2) is 45.2 Å². The number of aliphatic hydroxyl groups excluding tert-OH is 1. The van der Waals surface area contributed by atoms with Crippen LogP contribution in [0, 0.1) is 0 Å². The zero-order valence-corrected chi connectivity index (χ0v) is 20.4. The maximum absolute atomic E-state index is 13.9. The average molecular weight is 488 g/mol. The number of hydrogen-bond donors (Lipinski definition) is 2. The molecule has 1 amide bonds. The monoisotopic (exact) mass is 487 g/mol. The number of carbonyl (C=O) groups is 2. The van der Waals surface area contributed by atoms with Gasteiger partial charge in [-0.15, -0.1) is 0 Å². The number of aromatic nitrogens is 2. The second-order valence-corrected chi connectivity index (χ2v) is 9.34. The van der Waals surface area contributed by atoms with E-state index in [2.05, 4.69) is 5.32 Å². The lowest BCUT2D eigenvalue weighted by Crippen LogP contribution is -2.39. The number of ketones is 1. The van der Waals surface area contributed by atoms with Crippen molar-refractivity contribution in [2.45, 2.75) is 44.4 Å². The van der Waals surface area contributed by atoms with E-state index in [1.165, 1.54) is 11.7 Å². The molecule has 1 aliphatic carbocycles. The highest BCUT2D eigenvalue weighted by molar-refractivity contribution is 6.12. The molecule has 2 aromatic heterocycles. The Morgan fingerprint density at radius 2 is 1.69 bits per heavy atom. The van der Waals surface area contributed by atoms with Crippen molar-refractivity contribution in [1.82, 2.24) is 14.5 Å². The van der Waals surface area contributed by atoms with E-state index >= 15 is 0 Å². The number of aryl methyl sites for hydroxylation is 1. The summed E-state index contributed by atoms with van der Waals surface area (Å²) in [6.45, 7) is -0.136. The highest BCUT2D eigenvalue weighted by Crippen LogP contribution is 2.35. The number of pyridine rings is 1. The number of nitrogens with zero attached hydrogens (tertiary/aromatic N) is 2. The van der Waals surface area contributed by atoms with E-state index in [4.69, 9.17) is 4.74 Å². The van der Waals surface area contributed by atoms with Gasteiger partial charge in [-0.3, -0.25) is 19.0 Å². The molecule has 2 heterocycles. The minimum absolute atomic E-state index is 0.0551. The summed E-state index contributed by atoms with van der Waals surface area (Å²) in [5.41, 5.74) is 1.58. The largest absolute Gasteiger partial charge is 0.493 e. The van der Waals surface area contributed by atoms with Gasteiger partial charge in [0.1, 0.15) is 5.39 Å². The number of amides is 1. The van der Waals surface area contributed by atoms with Crippen LogP contribution < -0.4 is 15.6 Å². The van der Waals surface area contributed by atoms with Crippen LogP contribution in [0.1, 0.15) is 46.5 Å². The summed E-state index contributed by atoms with van der Waals surface area (Å²) in [7, 11) is 3.19. The number of hydrogen-bond acceptors (Lipinski definition) is 5. The van der Waals surface area contributed by atoms with Gasteiger partial charge in [-0.25, -0.2) is 0 Å². The summed E-state index contributed by atoms with van der Waals surface area (Å²) < 4.78 is 8.82. The Hall–Kier alpha value is -3.91. The Bertz CT molecular complexity index is 1510. The second kappa shape index (κ2) is 9.62. The molecule has 4 aromatic rings. The molecule has 0 unspecified atom stereocenters. The number of aliphatic hydroxyl groups is 1. The van der Waals surface area contributed by atoms with Crippen LogP contribution in [-0.2, 0) is 13.6 Å². The number of benzene rings is 2. The smallest absolute Gasteiger partial charge is 0.272 e. The van der Waals surface area contributed by atoms with Crippen molar-refractivity contribution in [3.8, 4) is 5.75 Å². The SMILES string of the molecule is COc1c(C(=O)NC2CCC(O)CC2)n(C)c2c1c(=O)n(CC(=O)c1ccccc1)c1ccccc21. The number of para-hydroxylation sites is 1. The molecule has 0 saturated heterocycles. The third-order valence-electron chi connectivity index (χ3n) is 7.11. The predicted molar refractivity (Wildman–Crippen MR) is 138 cm³/mol. The number of fused-ring (bicyclic) bond motifs is 3. The van der Waals surface area contributed by atoms with Gasteiger partial charge < -0.3 is 19.7 Å². The Balaban J connectivity index is 1.65. The molecule has 1 saturated carbocycles. The molecule has 8 heteroatoms. The maximum Gasteiger partial charge on any atom is 0.272 e. The van der Waals surface area contributed by atoms with Gasteiger partial charge in [0, 0.05) is 24.0 Å². The molecule has 2 N–H and O–H groups in total. The Morgan fingerprint density at radius 1 is 1.03 bits per heavy atom. The normalized spacial score (nSPS) is 17.9. The van der Waals surface area contributed by atoms with E-state index in [0.717, 1.165) is 5.39 Å². The van der Waals surface area contributed by atoms with Crippen molar-refractivity contribution >= 4 is 33.5 Å². The van der Waals surface area contributed by atoms with E-state index < -0.39 is 0 Å². The van der Waals surface area contributed by atoms with Crippen LogP contribution in [0.4, 0.5) is 0 Å². The summed E-state index contributed by atoms with van der Waals surface area (Å²) in [6.07, 6.45) is 2.34. The number of rotatable bonds is 6. The summed E-state index contributed by atoms with van der Waals surface area (Å²) in [6, 6.07) is 16.2. The van der Waals surface area contributed by atoms with Gasteiger partial charge in [-0.2, -0.15) is 0 Å². The Labute approximate surface area is 208 Å². The second-order valence-electron chi connectivity index (χ2n) is 9.34. The molecule has 0 aliphatic heterocycles. The van der Waals surface area contributed by atoms with Crippen molar-refractivity contribution in [3.05, 3.63) is 76.2 Å². The molecule has 0 atom stereocenters. The van der Waals surface area contributed by atoms with Crippen LogP contribution >= 0.6 is 0 Å². The molecule has 0 bridgehead atoms. The summed E-state index contributed by atoms with van der Waals surface area (Å²) in [4.78, 5) is 40.3. The zero-order valence-electron chi connectivity index (χ0n) is 20.4. The molecule has 36 heavy (non-hydrogen) atoms. The molecule has 1 fully saturated rings. The van der Waals surface area contributed by atoms with Crippen molar-refractivity contribution in [2.24, 2.45) is 7.05 Å². The van der Waals surface area contributed by atoms with Crippen LogP contribution in [0.3, 0.4) is 0 Å². The van der Waals surface area contributed by atoms with Gasteiger partial charge in [0.05, 0.1) is 30.8 Å². The summed E-state index contributed by atoms with van der Waals surface area (Å²) in [5.74, 6) is -0.325. The fourth-order valence-corrected chi connectivity index (χ4v) is 5.27. The molecule has 186 valence electrons. The van der Waals surface area contributed by atoms with E-state index in [1.54, 1.807) is 41.9 Å². The topological polar surface area (TPSA) is 103 Å². The first-order chi connectivity index (χ1) is 17.4. The van der Waals surface area contributed by atoms with Crippen LogP contribution in [0.25, 0.3) is 21.8 Å². The fraction of sp³-hybridized carbons (Fsp3) is 0.321. The third kappa shape index (κ3) is 4.07. The first kappa shape index (κ1) is 23.8. The summed E-state index contributed by atoms with van der Waals surface area (Å²) >= 11 is 0. The number of nitrogens with one attached hydrogen (secondary N) is 1. The number of methoxy groups -OCH3 is 1. The van der Waals surface area contributed by atoms with Crippen LogP contribution in [0.5, 0.6) is 5.75 Å². The van der Waals surface area contributed by atoms with Crippen molar-refractivity contribution < 1.29 is 19.4 Å². The highest BCUT2D eigenvalue weighted by Gasteiger charge is 2.29. The zero-order chi connectivity index (χ0) is 25.4. The minimum atomic E-state index is -0.389. The van der Waals surface area contributed by atoms with E-state index in [-0.39, 0.29) is 52.8 Å². The number of carbonyl (C=O) groups excluding carboxylic acids is 2. The molecule has 1 aliphatic rings. The lowest BCUT2D eigenvalue weighted by molar-refractivity contribution is 0.0857. The quantitative estimate of drug-likeness (QED) is 0.406. The molecule has 8 nitrogen and oxygen atoms in total. The predicted octanol–water partition coefficient (Wildman–Crippen LogP) is 3.42. The van der Waals surface area contributed by atoms with Crippen LogP contribution in [0.2, 0.25) is 0 Å². The Morgan fingerprint density at radius 3 is 2.39 bits per heavy atom. The van der Waals surface area contributed by atoms with Gasteiger partial charge in [0.25, 0.3) is 11.5 Å². The lowest BCUT2D eigenvalue weighted by Gasteiger charge is -2.26. The van der Waals surface area contributed by atoms with Gasteiger partial charge >= 0.3 is 0 Å². The molecule has 2 aromatic carbocycles. The molecular weight excluding hydrogens is 458 g/mol. The first-order valence-corrected chi connectivity index (χ1v) is 12.2. The maximum atomic E-state index is 13.9. The van der Waals surface area contributed by atoms with Crippen molar-refractivity contribution in [2.75, 3.05) is 7.11 Å². The van der Waals surface area contributed by atoms with Gasteiger partial charge in [-0.05, 0) is 31.7 Å².